The molecule has 0 aromatic heterocycles. The Morgan fingerprint density at radius 2 is 1.92 bits per heavy atom. The second-order valence-corrected chi connectivity index (χ2v) is 7.01. The number of aliphatic imine (C=N–C) groups is 1. The SMILES string of the molecule is Cc1cc(C)cc(C2=NCC([C@@H]3C[C@H]3N3C(=O)CNC3=O)C=C2)c1. The predicted octanol–water partition coefficient (Wildman–Crippen LogP) is 2.22. The highest BCUT2D eigenvalue weighted by molar-refractivity contribution is 6.09. The maximum Gasteiger partial charge on any atom is 0.324 e. The fourth-order valence-corrected chi connectivity index (χ4v) is 3.85. The second-order valence-electron chi connectivity index (χ2n) is 7.01. The summed E-state index contributed by atoms with van der Waals surface area (Å²) in [6.45, 7) is 5.06. The Morgan fingerprint density at radius 3 is 2.50 bits per heavy atom. The van der Waals surface area contributed by atoms with Gasteiger partial charge in [0.25, 0.3) is 0 Å². The number of allylic oxidation sites excluding steroid dienone is 1. The van der Waals surface area contributed by atoms with E-state index < -0.39 is 0 Å². The van der Waals surface area contributed by atoms with Crippen molar-refractivity contribution in [3.63, 3.8) is 0 Å². The van der Waals surface area contributed by atoms with Crippen LogP contribution in [0.2, 0.25) is 0 Å². The minimum atomic E-state index is -0.244. The van der Waals surface area contributed by atoms with E-state index in [1.165, 1.54) is 16.0 Å². The van der Waals surface area contributed by atoms with E-state index in [1.54, 1.807) is 0 Å². The zero-order chi connectivity index (χ0) is 16.8. The second kappa shape index (κ2) is 5.58. The largest absolute Gasteiger partial charge is 0.329 e. The van der Waals surface area contributed by atoms with Crippen LogP contribution >= 0.6 is 0 Å². The average molecular weight is 323 g/mol. The Balaban J connectivity index is 1.44. The Labute approximate surface area is 141 Å². The van der Waals surface area contributed by atoms with E-state index in [0.717, 1.165) is 24.2 Å². The first-order chi connectivity index (χ1) is 11.5. The van der Waals surface area contributed by atoms with Crippen LogP contribution in [0.25, 0.3) is 0 Å². The molecule has 1 saturated heterocycles. The van der Waals surface area contributed by atoms with Crippen LogP contribution < -0.4 is 5.32 Å². The zero-order valence-electron chi connectivity index (χ0n) is 14.0. The number of carbonyl (C=O) groups is 2. The predicted molar refractivity (Wildman–Crippen MR) is 92.1 cm³/mol. The van der Waals surface area contributed by atoms with Crippen LogP contribution in [-0.4, -0.2) is 41.7 Å². The Morgan fingerprint density at radius 1 is 1.17 bits per heavy atom. The molecule has 1 N–H and O–H groups in total. The maximum absolute atomic E-state index is 11.8. The summed E-state index contributed by atoms with van der Waals surface area (Å²) in [7, 11) is 0. The summed E-state index contributed by atoms with van der Waals surface area (Å²) in [5.41, 5.74) is 4.65. The summed E-state index contributed by atoms with van der Waals surface area (Å²) in [6.07, 6.45) is 5.18. The third-order valence-corrected chi connectivity index (χ3v) is 5.06. The van der Waals surface area contributed by atoms with Gasteiger partial charge in [0.05, 0.1) is 12.3 Å². The van der Waals surface area contributed by atoms with Crippen LogP contribution in [0.4, 0.5) is 4.79 Å². The first-order valence-electron chi connectivity index (χ1n) is 8.44. The molecule has 2 heterocycles. The molecule has 0 spiro atoms. The van der Waals surface area contributed by atoms with Crippen molar-refractivity contribution in [2.24, 2.45) is 16.8 Å². The van der Waals surface area contributed by atoms with Crippen LogP contribution in [0, 0.1) is 25.7 Å². The highest BCUT2D eigenvalue weighted by atomic mass is 16.2. The van der Waals surface area contributed by atoms with Crippen LogP contribution in [-0.2, 0) is 4.79 Å². The first-order valence-corrected chi connectivity index (χ1v) is 8.44. The molecule has 0 radical (unpaired) electrons. The molecule has 24 heavy (non-hydrogen) atoms. The normalized spacial score (nSPS) is 28.8. The lowest BCUT2D eigenvalue weighted by atomic mass is 9.96. The molecule has 1 aromatic rings. The molecule has 1 saturated carbocycles. The number of imide groups is 1. The number of nitrogens with zero attached hydrogens (tertiary/aromatic N) is 2. The molecule has 3 aliphatic rings. The number of benzene rings is 1. The van der Waals surface area contributed by atoms with Gasteiger partial charge in [-0.15, -0.1) is 0 Å². The Kier molecular flexibility index (Phi) is 3.52. The van der Waals surface area contributed by atoms with Gasteiger partial charge in [0.1, 0.15) is 0 Å². The minimum Gasteiger partial charge on any atom is -0.329 e. The van der Waals surface area contributed by atoms with Gasteiger partial charge < -0.3 is 5.32 Å². The lowest BCUT2D eigenvalue weighted by Gasteiger charge is -2.18. The number of amides is 3. The van der Waals surface area contributed by atoms with Crippen molar-refractivity contribution < 1.29 is 9.59 Å². The van der Waals surface area contributed by atoms with Gasteiger partial charge in [-0.1, -0.05) is 23.3 Å². The standard InChI is InChI=1S/C19H21N3O2/c1-11-5-12(2)7-14(6-11)16-4-3-13(9-20-16)15-8-17(15)22-18(23)10-21-19(22)24/h3-7,13,15,17H,8-10H2,1-2H3,(H,21,24)/t13?,15-,17+/m0/s1. The number of dihydropyridines is 1. The van der Waals surface area contributed by atoms with E-state index in [1.807, 2.05) is 0 Å². The summed E-state index contributed by atoms with van der Waals surface area (Å²) in [5, 5.41) is 2.60. The molecule has 4 rings (SSSR count). The summed E-state index contributed by atoms with van der Waals surface area (Å²) in [6, 6.07) is 6.28. The van der Waals surface area contributed by atoms with Gasteiger partial charge >= 0.3 is 6.03 Å². The van der Waals surface area contributed by atoms with E-state index in [2.05, 4.69) is 49.5 Å². The van der Waals surface area contributed by atoms with Crippen molar-refractivity contribution in [3.8, 4) is 0 Å². The van der Waals surface area contributed by atoms with E-state index in [9.17, 15) is 9.59 Å². The van der Waals surface area contributed by atoms with Crippen molar-refractivity contribution in [2.45, 2.75) is 26.3 Å². The van der Waals surface area contributed by atoms with Gasteiger partial charge in [0.15, 0.2) is 0 Å². The number of rotatable bonds is 3. The number of hydrogen-bond acceptors (Lipinski definition) is 3. The lowest BCUT2D eigenvalue weighted by molar-refractivity contribution is -0.125. The molecule has 3 atom stereocenters. The molecular weight excluding hydrogens is 302 g/mol. The zero-order valence-corrected chi connectivity index (χ0v) is 14.0. The number of aryl methyl sites for hydroxylation is 2. The molecule has 124 valence electrons. The quantitative estimate of drug-likeness (QED) is 0.867. The van der Waals surface area contributed by atoms with Gasteiger partial charge in [-0.25, -0.2) is 4.79 Å². The summed E-state index contributed by atoms with van der Waals surface area (Å²) in [4.78, 5) is 29.7. The molecule has 5 heteroatoms. The number of hydrogen-bond donors (Lipinski definition) is 1. The average Bonchev–Trinajstić information content (AvgIpc) is 3.25. The van der Waals surface area contributed by atoms with Crippen LogP contribution in [0.15, 0.2) is 35.3 Å². The lowest BCUT2D eigenvalue weighted by Crippen LogP contribution is -2.35. The molecule has 2 fully saturated rings. The molecule has 3 amide bonds. The van der Waals surface area contributed by atoms with Crippen molar-refractivity contribution in [2.75, 3.05) is 13.1 Å². The molecule has 1 unspecified atom stereocenters. The van der Waals surface area contributed by atoms with Gasteiger partial charge in [-0.05, 0) is 44.4 Å². The highest BCUT2D eigenvalue weighted by Gasteiger charge is 2.51. The molecule has 2 aliphatic heterocycles. The number of nitrogens with one attached hydrogen (secondary N) is 1. The minimum absolute atomic E-state index is 0.0487. The smallest absolute Gasteiger partial charge is 0.324 e. The van der Waals surface area contributed by atoms with Crippen LogP contribution in [0.1, 0.15) is 23.1 Å². The summed E-state index contributed by atoms with van der Waals surface area (Å²) in [5.74, 6) is 0.552. The van der Waals surface area contributed by atoms with Crippen molar-refractivity contribution in [1.82, 2.24) is 10.2 Å². The topological polar surface area (TPSA) is 61.8 Å². The van der Waals surface area contributed by atoms with E-state index >= 15 is 0 Å². The Bertz CT molecular complexity index is 745. The highest BCUT2D eigenvalue weighted by Crippen LogP contribution is 2.44. The van der Waals surface area contributed by atoms with Crippen molar-refractivity contribution >= 4 is 17.6 Å². The van der Waals surface area contributed by atoms with Gasteiger partial charge in [0, 0.05) is 24.1 Å². The Hall–Kier alpha value is -2.43. The van der Waals surface area contributed by atoms with Crippen LogP contribution in [0.5, 0.6) is 0 Å². The van der Waals surface area contributed by atoms with Crippen LogP contribution in [0.3, 0.4) is 0 Å². The van der Waals surface area contributed by atoms with Gasteiger partial charge in [0.2, 0.25) is 5.91 Å². The molecule has 1 aliphatic carbocycles. The molecule has 1 aromatic carbocycles. The number of urea groups is 1. The first kappa shape index (κ1) is 15.1. The van der Waals surface area contributed by atoms with Gasteiger partial charge in [-0.2, -0.15) is 0 Å². The van der Waals surface area contributed by atoms with Crippen molar-refractivity contribution in [3.05, 3.63) is 47.0 Å². The maximum atomic E-state index is 11.8. The van der Waals surface area contributed by atoms with E-state index in [-0.39, 0.29) is 24.5 Å². The molecule has 0 bridgehead atoms. The number of carbonyl (C=O) groups excluding carboxylic acids is 2. The van der Waals surface area contributed by atoms with Gasteiger partial charge in [-0.3, -0.25) is 14.7 Å². The monoisotopic (exact) mass is 323 g/mol. The third-order valence-electron chi connectivity index (χ3n) is 5.06. The van der Waals surface area contributed by atoms with E-state index in [0.29, 0.717) is 11.8 Å². The summed E-state index contributed by atoms with van der Waals surface area (Å²) >= 11 is 0. The molecule has 5 nitrogen and oxygen atoms in total. The molecular formula is C19H21N3O2. The fourth-order valence-electron chi connectivity index (χ4n) is 3.85. The third kappa shape index (κ3) is 2.64. The van der Waals surface area contributed by atoms with Crippen molar-refractivity contribution in [1.29, 1.82) is 0 Å². The van der Waals surface area contributed by atoms with E-state index in [4.69, 9.17) is 4.99 Å². The summed E-state index contributed by atoms with van der Waals surface area (Å²) < 4.78 is 0. The fraction of sp³-hybridized carbons (Fsp3) is 0.421.